The Bertz CT molecular complexity index is 809. The van der Waals surface area contributed by atoms with Crippen LogP contribution in [0.15, 0.2) is 48.5 Å². The molecule has 0 radical (unpaired) electrons. The lowest BCUT2D eigenvalue weighted by atomic mass is 9.86. The van der Waals surface area contributed by atoms with Crippen LogP contribution in [0, 0.1) is 11.3 Å². The minimum atomic E-state index is -0.631. The fourth-order valence-corrected chi connectivity index (χ4v) is 2.20. The van der Waals surface area contributed by atoms with Gasteiger partial charge >= 0.3 is 5.97 Å². The van der Waals surface area contributed by atoms with Crippen LogP contribution < -0.4 is 4.74 Å². The van der Waals surface area contributed by atoms with Gasteiger partial charge in [-0.25, -0.2) is 4.79 Å². The maximum absolute atomic E-state index is 12.1. The van der Waals surface area contributed by atoms with E-state index in [0.29, 0.717) is 16.9 Å². The quantitative estimate of drug-likeness (QED) is 0.586. The molecule has 0 atom stereocenters. The Balaban J connectivity index is 1.81. The van der Waals surface area contributed by atoms with Gasteiger partial charge in [0.05, 0.1) is 11.6 Å². The first-order valence-electron chi connectivity index (χ1n) is 8.22. The van der Waals surface area contributed by atoms with Crippen molar-refractivity contribution in [3.05, 3.63) is 65.2 Å². The van der Waals surface area contributed by atoms with E-state index in [0.717, 1.165) is 5.56 Å². The number of esters is 1. The highest BCUT2D eigenvalue weighted by atomic mass is 16.6. The lowest BCUT2D eigenvalue weighted by Gasteiger charge is -2.18. The summed E-state index contributed by atoms with van der Waals surface area (Å²) in [5, 5.41) is 8.72. The van der Waals surface area contributed by atoms with E-state index >= 15 is 0 Å². The van der Waals surface area contributed by atoms with Crippen LogP contribution in [0.3, 0.4) is 0 Å². The third kappa shape index (κ3) is 5.45. The maximum Gasteiger partial charge on any atom is 0.344 e. The number of Topliss-reactive ketones (excluding diaryl/α,β-unsaturated/α-hetero) is 1. The Morgan fingerprint density at radius 1 is 0.962 bits per heavy atom. The molecule has 0 amide bonds. The number of carbonyl (C=O) groups is 2. The first-order valence-corrected chi connectivity index (χ1v) is 8.22. The van der Waals surface area contributed by atoms with Gasteiger partial charge in [-0.15, -0.1) is 0 Å². The molecule has 0 fully saturated rings. The Labute approximate surface area is 153 Å². The highest BCUT2D eigenvalue weighted by Crippen LogP contribution is 2.22. The standard InChI is InChI=1S/C21H21NO4/c1-21(2,3)17-8-6-16(7-9-17)19(23)13-26-20(24)14-25-18-10-4-15(12-22)5-11-18/h4-11H,13-14H2,1-3H3. The molecule has 5 nitrogen and oxygen atoms in total. The van der Waals surface area contributed by atoms with Crippen LogP contribution in [-0.4, -0.2) is 25.0 Å². The summed E-state index contributed by atoms with van der Waals surface area (Å²) in [5.74, 6) is -0.448. The second-order valence-corrected chi connectivity index (χ2v) is 6.84. The highest BCUT2D eigenvalue weighted by Gasteiger charge is 2.15. The zero-order chi connectivity index (χ0) is 19.2. The summed E-state index contributed by atoms with van der Waals surface area (Å²) in [6.45, 7) is 5.66. The number of rotatable bonds is 6. The van der Waals surface area contributed by atoms with E-state index < -0.39 is 5.97 Å². The van der Waals surface area contributed by atoms with E-state index in [2.05, 4.69) is 20.8 Å². The van der Waals surface area contributed by atoms with Gasteiger partial charge in [0.15, 0.2) is 19.0 Å². The second kappa shape index (κ2) is 8.30. The molecular weight excluding hydrogens is 330 g/mol. The molecule has 0 heterocycles. The molecule has 2 aromatic rings. The largest absolute Gasteiger partial charge is 0.482 e. The Morgan fingerprint density at radius 2 is 1.58 bits per heavy atom. The van der Waals surface area contributed by atoms with Crippen LogP contribution in [0.5, 0.6) is 5.75 Å². The maximum atomic E-state index is 12.1. The van der Waals surface area contributed by atoms with Crippen molar-refractivity contribution in [1.29, 1.82) is 5.26 Å². The molecule has 2 aromatic carbocycles. The van der Waals surface area contributed by atoms with Crippen molar-refractivity contribution in [3.63, 3.8) is 0 Å². The molecule has 0 saturated carbocycles. The first kappa shape index (κ1) is 19.2. The van der Waals surface area contributed by atoms with Crippen LogP contribution in [0.1, 0.15) is 42.3 Å². The minimum Gasteiger partial charge on any atom is -0.482 e. The van der Waals surface area contributed by atoms with E-state index in [1.54, 1.807) is 36.4 Å². The van der Waals surface area contributed by atoms with Gasteiger partial charge in [-0.1, -0.05) is 45.0 Å². The normalized spacial score (nSPS) is 10.7. The monoisotopic (exact) mass is 351 g/mol. The number of hydrogen-bond donors (Lipinski definition) is 0. The predicted molar refractivity (Wildman–Crippen MR) is 97.1 cm³/mol. The molecule has 5 heteroatoms. The summed E-state index contributed by atoms with van der Waals surface area (Å²) < 4.78 is 10.2. The number of carbonyl (C=O) groups excluding carboxylic acids is 2. The topological polar surface area (TPSA) is 76.4 Å². The molecule has 0 aliphatic rings. The van der Waals surface area contributed by atoms with E-state index in [4.69, 9.17) is 14.7 Å². The molecule has 0 aliphatic heterocycles. The average Bonchev–Trinajstić information content (AvgIpc) is 2.64. The number of hydrogen-bond acceptors (Lipinski definition) is 5. The third-order valence-electron chi connectivity index (χ3n) is 3.78. The average molecular weight is 351 g/mol. The lowest BCUT2D eigenvalue weighted by Crippen LogP contribution is -2.19. The smallest absolute Gasteiger partial charge is 0.344 e. The minimum absolute atomic E-state index is 0.0107. The Morgan fingerprint density at radius 3 is 2.12 bits per heavy atom. The van der Waals surface area contributed by atoms with Crippen molar-refractivity contribution in [2.24, 2.45) is 0 Å². The summed E-state index contributed by atoms with van der Waals surface area (Å²) in [6.07, 6.45) is 0. The van der Waals surface area contributed by atoms with Gasteiger partial charge in [-0.2, -0.15) is 5.26 Å². The highest BCUT2D eigenvalue weighted by molar-refractivity contribution is 5.98. The van der Waals surface area contributed by atoms with Crippen molar-refractivity contribution in [2.45, 2.75) is 26.2 Å². The molecule has 2 rings (SSSR count). The van der Waals surface area contributed by atoms with Crippen molar-refractivity contribution in [3.8, 4) is 11.8 Å². The second-order valence-electron chi connectivity index (χ2n) is 6.84. The van der Waals surface area contributed by atoms with Crippen LogP contribution in [0.25, 0.3) is 0 Å². The number of benzene rings is 2. The van der Waals surface area contributed by atoms with Crippen molar-refractivity contribution < 1.29 is 19.1 Å². The molecule has 0 unspecified atom stereocenters. The summed E-state index contributed by atoms with van der Waals surface area (Å²) in [5.41, 5.74) is 2.14. The van der Waals surface area contributed by atoms with Crippen molar-refractivity contribution in [2.75, 3.05) is 13.2 Å². The predicted octanol–water partition coefficient (Wildman–Crippen LogP) is 3.66. The lowest BCUT2D eigenvalue weighted by molar-refractivity contribution is -0.144. The molecule has 0 spiro atoms. The summed E-state index contributed by atoms with van der Waals surface area (Å²) >= 11 is 0. The van der Waals surface area contributed by atoms with Gasteiger partial charge < -0.3 is 9.47 Å². The van der Waals surface area contributed by atoms with Gasteiger partial charge in [-0.05, 0) is 35.2 Å². The zero-order valence-corrected chi connectivity index (χ0v) is 15.1. The number of nitriles is 1. The summed E-state index contributed by atoms with van der Waals surface area (Å²) in [4.78, 5) is 23.8. The van der Waals surface area contributed by atoms with E-state index in [1.165, 1.54) is 0 Å². The number of ketones is 1. The molecule has 0 bridgehead atoms. The van der Waals surface area contributed by atoms with Gasteiger partial charge in [0, 0.05) is 5.56 Å². The van der Waals surface area contributed by atoms with Crippen molar-refractivity contribution >= 4 is 11.8 Å². The van der Waals surface area contributed by atoms with E-state index in [9.17, 15) is 9.59 Å². The first-order chi connectivity index (χ1) is 12.3. The summed E-state index contributed by atoms with van der Waals surface area (Å²) in [7, 11) is 0. The van der Waals surface area contributed by atoms with Crippen LogP contribution in [0.4, 0.5) is 0 Å². The number of nitrogens with zero attached hydrogens (tertiary/aromatic N) is 1. The van der Waals surface area contributed by atoms with E-state index in [-0.39, 0.29) is 24.4 Å². The fraction of sp³-hybridized carbons (Fsp3) is 0.286. The van der Waals surface area contributed by atoms with Gasteiger partial charge in [0.1, 0.15) is 5.75 Å². The fourth-order valence-electron chi connectivity index (χ4n) is 2.20. The molecule has 26 heavy (non-hydrogen) atoms. The Hall–Kier alpha value is -3.13. The van der Waals surface area contributed by atoms with Crippen LogP contribution >= 0.6 is 0 Å². The third-order valence-corrected chi connectivity index (χ3v) is 3.78. The van der Waals surface area contributed by atoms with Crippen LogP contribution in [-0.2, 0) is 14.9 Å². The van der Waals surface area contributed by atoms with E-state index in [1.807, 2.05) is 18.2 Å². The molecule has 0 saturated heterocycles. The zero-order valence-electron chi connectivity index (χ0n) is 15.1. The molecule has 0 N–H and O–H groups in total. The molecule has 134 valence electrons. The summed E-state index contributed by atoms with van der Waals surface area (Å²) in [6, 6.07) is 15.6. The SMILES string of the molecule is CC(C)(C)c1ccc(C(=O)COC(=O)COc2ccc(C#N)cc2)cc1. The number of ether oxygens (including phenoxy) is 2. The van der Waals surface area contributed by atoms with Gasteiger partial charge in [0.2, 0.25) is 0 Å². The Kier molecular flexibility index (Phi) is 6.13. The molecule has 0 aromatic heterocycles. The molecular formula is C21H21NO4. The van der Waals surface area contributed by atoms with Crippen LogP contribution in [0.2, 0.25) is 0 Å². The van der Waals surface area contributed by atoms with Gasteiger partial charge in [0.25, 0.3) is 0 Å². The van der Waals surface area contributed by atoms with Gasteiger partial charge in [-0.3, -0.25) is 4.79 Å². The molecule has 0 aliphatic carbocycles. The van der Waals surface area contributed by atoms with Crippen molar-refractivity contribution in [1.82, 2.24) is 0 Å².